The summed E-state index contributed by atoms with van der Waals surface area (Å²) in [5.41, 5.74) is 7.15. The van der Waals surface area contributed by atoms with Crippen LogP contribution in [-0.2, 0) is 7.05 Å². The molecule has 0 bridgehead atoms. The van der Waals surface area contributed by atoms with Crippen molar-refractivity contribution in [2.75, 3.05) is 5.73 Å². The molecule has 0 aliphatic rings. The fraction of sp³-hybridized carbons (Fsp3) is 0.130. The second kappa shape index (κ2) is 8.65. The van der Waals surface area contributed by atoms with E-state index in [4.69, 9.17) is 5.73 Å². The first-order valence-corrected chi connectivity index (χ1v) is 9.99. The molecule has 1 atom stereocenters. The van der Waals surface area contributed by atoms with Crippen molar-refractivity contribution in [3.63, 3.8) is 0 Å². The molecular weight excluding hydrogens is 430 g/mol. The Morgan fingerprint density at radius 2 is 1.82 bits per heavy atom. The molecule has 0 aliphatic heterocycles. The normalized spacial score (nSPS) is 11.9. The number of nitrogens with zero attached hydrogens (tertiary/aromatic N) is 3. The van der Waals surface area contributed by atoms with Crippen molar-refractivity contribution in [1.82, 2.24) is 24.8 Å². The van der Waals surface area contributed by atoms with Gasteiger partial charge in [-0.25, -0.2) is 18.7 Å². The van der Waals surface area contributed by atoms with E-state index in [0.717, 1.165) is 12.1 Å². The van der Waals surface area contributed by atoms with Gasteiger partial charge in [0.05, 0.1) is 11.7 Å². The van der Waals surface area contributed by atoms with Gasteiger partial charge in [-0.3, -0.25) is 9.59 Å². The quantitative estimate of drug-likeness (QED) is 0.432. The number of carbonyl (C=O) groups excluding carboxylic acids is 1. The molecule has 1 amide bonds. The highest BCUT2D eigenvalue weighted by Crippen LogP contribution is 2.30. The Bertz CT molecular complexity index is 1380. The molecule has 0 aliphatic carbocycles. The zero-order chi connectivity index (χ0) is 23.7. The number of anilines is 1. The largest absolute Gasteiger partial charge is 0.382 e. The van der Waals surface area contributed by atoms with Gasteiger partial charge in [0.15, 0.2) is 11.5 Å². The number of amides is 1. The number of aromatic nitrogens is 4. The van der Waals surface area contributed by atoms with E-state index in [2.05, 4.69) is 20.3 Å². The van der Waals surface area contributed by atoms with Gasteiger partial charge in [-0.15, -0.1) is 0 Å². The number of hydrogen-bond donors (Lipinski definition) is 3. The minimum Gasteiger partial charge on any atom is -0.382 e. The topological polar surface area (TPSA) is 119 Å². The summed E-state index contributed by atoms with van der Waals surface area (Å²) in [6.45, 7) is 1.45. The molecule has 1 aromatic carbocycles. The zero-order valence-corrected chi connectivity index (χ0v) is 17.8. The maximum atomic E-state index is 14.1. The molecule has 0 saturated carbocycles. The number of H-pyrrole nitrogens is 1. The van der Waals surface area contributed by atoms with Crippen molar-refractivity contribution >= 4 is 11.7 Å². The van der Waals surface area contributed by atoms with Gasteiger partial charge in [0.25, 0.3) is 5.91 Å². The van der Waals surface area contributed by atoms with Crippen molar-refractivity contribution in [3.8, 4) is 22.6 Å². The first kappa shape index (κ1) is 21.9. The Balaban J connectivity index is 1.78. The summed E-state index contributed by atoms with van der Waals surface area (Å²) in [4.78, 5) is 36.6. The van der Waals surface area contributed by atoms with Crippen LogP contribution in [0.2, 0.25) is 0 Å². The van der Waals surface area contributed by atoms with Crippen molar-refractivity contribution in [2.45, 2.75) is 13.0 Å². The van der Waals surface area contributed by atoms with Crippen LogP contribution in [0.25, 0.3) is 22.6 Å². The molecule has 0 spiro atoms. The van der Waals surface area contributed by atoms with Crippen molar-refractivity contribution in [3.05, 3.63) is 88.1 Å². The summed E-state index contributed by atoms with van der Waals surface area (Å²) < 4.78 is 29.6. The Labute approximate surface area is 187 Å². The number of aryl methyl sites for hydroxylation is 1. The van der Waals surface area contributed by atoms with Crippen LogP contribution in [-0.4, -0.2) is 25.4 Å². The molecule has 0 radical (unpaired) electrons. The van der Waals surface area contributed by atoms with Gasteiger partial charge in [0, 0.05) is 36.6 Å². The first-order chi connectivity index (χ1) is 15.8. The van der Waals surface area contributed by atoms with Crippen LogP contribution in [0.3, 0.4) is 0 Å². The lowest BCUT2D eigenvalue weighted by molar-refractivity contribution is 0.0934. The summed E-state index contributed by atoms with van der Waals surface area (Å²) in [5, 5.41) is 2.52. The van der Waals surface area contributed by atoms with E-state index >= 15 is 0 Å². The maximum absolute atomic E-state index is 14.1. The van der Waals surface area contributed by atoms with Gasteiger partial charge < -0.3 is 20.6 Å². The standard InChI is InChI=1S/C23H20F2N6O2/c1-12(18-14(24)5-3-6-15(18)25)28-23(33)21-22(26)30-20(16-7-4-10-27-16)19(29-21)13-8-9-17(32)31(2)11-13/h3-12,27H,1-2H3,(H2,26,30)(H,28,33). The number of aromatic amines is 1. The Kier molecular flexibility index (Phi) is 5.74. The maximum Gasteiger partial charge on any atom is 0.274 e. The molecule has 1 unspecified atom stereocenters. The molecule has 4 rings (SSSR count). The van der Waals surface area contributed by atoms with Gasteiger partial charge >= 0.3 is 0 Å². The second-order valence-electron chi connectivity index (χ2n) is 7.44. The number of nitrogens with one attached hydrogen (secondary N) is 2. The monoisotopic (exact) mass is 450 g/mol. The van der Waals surface area contributed by atoms with Crippen LogP contribution in [0.15, 0.2) is 59.7 Å². The fourth-order valence-corrected chi connectivity index (χ4v) is 3.48. The highest BCUT2D eigenvalue weighted by molar-refractivity contribution is 5.98. The molecule has 4 aromatic rings. The number of halogens is 2. The lowest BCUT2D eigenvalue weighted by Crippen LogP contribution is -2.30. The van der Waals surface area contributed by atoms with E-state index in [1.54, 1.807) is 37.6 Å². The third-order valence-electron chi connectivity index (χ3n) is 5.13. The Morgan fingerprint density at radius 1 is 1.09 bits per heavy atom. The van der Waals surface area contributed by atoms with Gasteiger partial charge in [-0.05, 0) is 37.3 Å². The lowest BCUT2D eigenvalue weighted by Gasteiger charge is -2.17. The third kappa shape index (κ3) is 4.22. The number of rotatable bonds is 5. The SMILES string of the molecule is CC(NC(=O)c1nc(-c2ccc(=O)n(C)c2)c(-c2ccc[nH]2)nc1N)c1c(F)cccc1F. The zero-order valence-electron chi connectivity index (χ0n) is 17.8. The molecule has 8 nitrogen and oxygen atoms in total. The average molecular weight is 450 g/mol. The van der Waals surface area contributed by atoms with Crippen LogP contribution in [0.1, 0.15) is 29.0 Å². The van der Waals surface area contributed by atoms with Crippen LogP contribution in [0, 0.1) is 11.6 Å². The van der Waals surface area contributed by atoms with Crippen LogP contribution >= 0.6 is 0 Å². The molecule has 3 aromatic heterocycles. The summed E-state index contributed by atoms with van der Waals surface area (Å²) >= 11 is 0. The predicted octanol–water partition coefficient (Wildman–Crippen LogP) is 3.19. The fourth-order valence-electron chi connectivity index (χ4n) is 3.48. The molecule has 168 valence electrons. The van der Waals surface area contributed by atoms with Crippen LogP contribution in [0.5, 0.6) is 0 Å². The molecule has 33 heavy (non-hydrogen) atoms. The van der Waals surface area contributed by atoms with E-state index in [1.165, 1.54) is 23.6 Å². The Morgan fingerprint density at radius 3 is 2.45 bits per heavy atom. The van der Waals surface area contributed by atoms with Crippen molar-refractivity contribution < 1.29 is 13.6 Å². The van der Waals surface area contributed by atoms with Gasteiger partial charge in [-0.1, -0.05) is 6.07 Å². The average Bonchev–Trinajstić information content (AvgIpc) is 3.30. The Hall–Kier alpha value is -4.34. The summed E-state index contributed by atoms with van der Waals surface area (Å²) in [5.74, 6) is -2.48. The van der Waals surface area contributed by atoms with E-state index in [1.807, 2.05) is 0 Å². The van der Waals surface area contributed by atoms with Crippen LogP contribution < -0.4 is 16.6 Å². The lowest BCUT2D eigenvalue weighted by atomic mass is 10.1. The molecule has 4 N–H and O–H groups in total. The first-order valence-electron chi connectivity index (χ1n) is 9.99. The third-order valence-corrected chi connectivity index (χ3v) is 5.13. The molecule has 10 heteroatoms. The number of nitrogens with two attached hydrogens (primary N) is 1. The second-order valence-corrected chi connectivity index (χ2v) is 7.44. The van der Waals surface area contributed by atoms with E-state index in [-0.39, 0.29) is 22.6 Å². The number of benzene rings is 1. The highest BCUT2D eigenvalue weighted by atomic mass is 19.1. The van der Waals surface area contributed by atoms with Gasteiger partial charge in [-0.2, -0.15) is 0 Å². The van der Waals surface area contributed by atoms with Crippen molar-refractivity contribution in [1.29, 1.82) is 0 Å². The highest BCUT2D eigenvalue weighted by Gasteiger charge is 2.24. The molecule has 3 heterocycles. The predicted molar refractivity (Wildman–Crippen MR) is 119 cm³/mol. The number of carbonyl (C=O) groups is 1. The minimum absolute atomic E-state index is 0.160. The molecular formula is C23H20F2N6O2. The smallest absolute Gasteiger partial charge is 0.274 e. The van der Waals surface area contributed by atoms with Gasteiger partial charge in [0.2, 0.25) is 5.56 Å². The van der Waals surface area contributed by atoms with E-state index in [0.29, 0.717) is 22.6 Å². The summed E-state index contributed by atoms with van der Waals surface area (Å²) in [6.07, 6.45) is 3.26. The molecule has 0 saturated heterocycles. The van der Waals surface area contributed by atoms with Gasteiger partial charge in [0.1, 0.15) is 23.0 Å². The van der Waals surface area contributed by atoms with E-state index < -0.39 is 23.6 Å². The van der Waals surface area contributed by atoms with Crippen LogP contribution in [0.4, 0.5) is 14.6 Å². The van der Waals surface area contributed by atoms with Crippen molar-refractivity contribution in [2.24, 2.45) is 7.05 Å². The molecule has 0 fully saturated rings. The summed E-state index contributed by atoms with van der Waals surface area (Å²) in [7, 11) is 1.59. The summed E-state index contributed by atoms with van der Waals surface area (Å²) in [6, 6.07) is 8.92. The minimum atomic E-state index is -0.996. The number of nitrogen functional groups attached to an aromatic ring is 1. The number of pyridine rings is 1. The number of hydrogen-bond acceptors (Lipinski definition) is 5. The van der Waals surface area contributed by atoms with E-state index in [9.17, 15) is 18.4 Å².